The van der Waals surface area contributed by atoms with Crippen LogP contribution < -0.4 is 0 Å². The van der Waals surface area contributed by atoms with E-state index in [0.717, 1.165) is 54.9 Å². The van der Waals surface area contributed by atoms with E-state index >= 15 is 0 Å². The SMILES string of the molecule is C=CC1CCC(C2CCC(c3cc4ccc(CC)cc4c(F)c3F)CC2)CC1. The van der Waals surface area contributed by atoms with Gasteiger partial charge in [-0.15, -0.1) is 6.58 Å². The van der Waals surface area contributed by atoms with Gasteiger partial charge in [-0.05, 0) is 110 Å². The number of hydrogen-bond donors (Lipinski definition) is 0. The fraction of sp³-hybridized carbons (Fsp3) is 0.538. The van der Waals surface area contributed by atoms with Gasteiger partial charge in [-0.3, -0.25) is 0 Å². The Hall–Kier alpha value is -1.70. The maximum absolute atomic E-state index is 14.9. The molecule has 2 fully saturated rings. The van der Waals surface area contributed by atoms with Crippen LogP contribution in [0.25, 0.3) is 10.8 Å². The lowest BCUT2D eigenvalue weighted by Crippen LogP contribution is -2.25. The Balaban J connectivity index is 1.48. The Morgan fingerprint density at radius 3 is 2.14 bits per heavy atom. The summed E-state index contributed by atoms with van der Waals surface area (Å²) < 4.78 is 29.7. The van der Waals surface area contributed by atoms with Gasteiger partial charge in [0, 0.05) is 5.39 Å². The molecule has 28 heavy (non-hydrogen) atoms. The molecular formula is C26H32F2. The van der Waals surface area contributed by atoms with Crippen molar-refractivity contribution >= 4 is 10.8 Å². The van der Waals surface area contributed by atoms with Crippen LogP contribution >= 0.6 is 0 Å². The van der Waals surface area contributed by atoms with Gasteiger partial charge in [0.15, 0.2) is 11.6 Å². The second-order valence-corrected chi connectivity index (χ2v) is 9.03. The minimum absolute atomic E-state index is 0.158. The zero-order valence-electron chi connectivity index (χ0n) is 17.0. The summed E-state index contributed by atoms with van der Waals surface area (Å²) in [6.45, 7) is 5.98. The van der Waals surface area contributed by atoms with Crippen molar-refractivity contribution in [2.24, 2.45) is 17.8 Å². The highest BCUT2D eigenvalue weighted by molar-refractivity contribution is 5.85. The molecule has 0 unspecified atom stereocenters. The molecule has 2 aliphatic rings. The molecule has 0 N–H and O–H groups in total. The highest BCUT2D eigenvalue weighted by Gasteiger charge is 2.32. The number of allylic oxidation sites excluding steroid dienone is 1. The van der Waals surface area contributed by atoms with E-state index in [9.17, 15) is 8.78 Å². The van der Waals surface area contributed by atoms with Gasteiger partial charge < -0.3 is 0 Å². The molecule has 0 nitrogen and oxygen atoms in total. The second-order valence-electron chi connectivity index (χ2n) is 9.03. The van der Waals surface area contributed by atoms with E-state index < -0.39 is 11.6 Å². The normalized spacial score (nSPS) is 28.4. The first-order chi connectivity index (χ1) is 13.6. The van der Waals surface area contributed by atoms with E-state index in [1.807, 2.05) is 25.1 Å². The summed E-state index contributed by atoms with van der Waals surface area (Å²) in [5, 5.41) is 1.25. The first-order valence-corrected chi connectivity index (χ1v) is 11.1. The van der Waals surface area contributed by atoms with Crippen molar-refractivity contribution < 1.29 is 8.78 Å². The summed E-state index contributed by atoms with van der Waals surface area (Å²) in [5.41, 5.74) is 1.65. The molecule has 4 rings (SSSR count). The zero-order valence-corrected chi connectivity index (χ0v) is 17.0. The predicted molar refractivity (Wildman–Crippen MR) is 114 cm³/mol. The van der Waals surface area contributed by atoms with E-state index in [-0.39, 0.29) is 5.92 Å². The number of aryl methyl sites for hydroxylation is 1. The van der Waals surface area contributed by atoms with Crippen LogP contribution in [0.4, 0.5) is 8.78 Å². The van der Waals surface area contributed by atoms with E-state index in [1.165, 1.54) is 25.7 Å². The zero-order chi connectivity index (χ0) is 19.7. The molecule has 0 radical (unpaired) electrons. The van der Waals surface area contributed by atoms with Gasteiger partial charge in [-0.2, -0.15) is 0 Å². The molecule has 150 valence electrons. The van der Waals surface area contributed by atoms with Gasteiger partial charge in [-0.1, -0.05) is 25.1 Å². The lowest BCUT2D eigenvalue weighted by Gasteiger charge is -2.37. The van der Waals surface area contributed by atoms with Gasteiger partial charge >= 0.3 is 0 Å². The van der Waals surface area contributed by atoms with Gasteiger partial charge in [0.05, 0.1) is 0 Å². The summed E-state index contributed by atoms with van der Waals surface area (Å²) in [6.07, 6.45) is 12.4. The van der Waals surface area contributed by atoms with Crippen molar-refractivity contribution in [2.45, 2.75) is 70.6 Å². The molecule has 0 atom stereocenters. The van der Waals surface area contributed by atoms with Crippen molar-refractivity contribution in [1.29, 1.82) is 0 Å². The van der Waals surface area contributed by atoms with Gasteiger partial charge in [0.1, 0.15) is 0 Å². The Kier molecular flexibility index (Phi) is 5.85. The van der Waals surface area contributed by atoms with Crippen LogP contribution in [0.2, 0.25) is 0 Å². The third-order valence-corrected chi connectivity index (χ3v) is 7.55. The van der Waals surface area contributed by atoms with Crippen molar-refractivity contribution in [1.82, 2.24) is 0 Å². The van der Waals surface area contributed by atoms with Gasteiger partial charge in [0.2, 0.25) is 0 Å². The Morgan fingerprint density at radius 1 is 0.893 bits per heavy atom. The number of hydrogen-bond acceptors (Lipinski definition) is 0. The Bertz CT molecular complexity index is 837. The van der Waals surface area contributed by atoms with Gasteiger partial charge in [-0.25, -0.2) is 8.78 Å². The molecule has 0 aromatic heterocycles. The number of fused-ring (bicyclic) bond motifs is 1. The fourth-order valence-corrected chi connectivity index (χ4v) is 5.67. The quantitative estimate of drug-likeness (QED) is 0.471. The monoisotopic (exact) mass is 382 g/mol. The minimum Gasteiger partial charge on any atom is -0.203 e. The van der Waals surface area contributed by atoms with Crippen LogP contribution in [0, 0.1) is 29.4 Å². The molecule has 0 spiro atoms. The van der Waals surface area contributed by atoms with E-state index in [4.69, 9.17) is 0 Å². The smallest absolute Gasteiger partial charge is 0.166 e. The molecule has 0 amide bonds. The minimum atomic E-state index is -0.660. The maximum atomic E-state index is 14.9. The van der Waals surface area contributed by atoms with Crippen LogP contribution in [0.3, 0.4) is 0 Å². The molecule has 2 heteroatoms. The lowest BCUT2D eigenvalue weighted by atomic mass is 9.68. The molecule has 2 saturated carbocycles. The van der Waals surface area contributed by atoms with E-state index in [1.54, 1.807) is 6.07 Å². The van der Waals surface area contributed by atoms with Crippen molar-refractivity contribution in [3.8, 4) is 0 Å². The molecule has 2 aromatic carbocycles. The van der Waals surface area contributed by atoms with Crippen LogP contribution in [0.1, 0.15) is 75.3 Å². The predicted octanol–water partition coefficient (Wildman–Crippen LogP) is 7.95. The summed E-state index contributed by atoms with van der Waals surface area (Å²) in [6, 6.07) is 7.69. The Morgan fingerprint density at radius 2 is 1.54 bits per heavy atom. The van der Waals surface area contributed by atoms with E-state index in [0.29, 0.717) is 16.9 Å². The van der Waals surface area contributed by atoms with Crippen LogP contribution in [-0.4, -0.2) is 0 Å². The number of benzene rings is 2. The van der Waals surface area contributed by atoms with Crippen LogP contribution in [0.5, 0.6) is 0 Å². The molecule has 2 aromatic rings. The van der Waals surface area contributed by atoms with Crippen molar-refractivity contribution in [3.63, 3.8) is 0 Å². The fourth-order valence-electron chi connectivity index (χ4n) is 5.67. The number of halogens is 2. The molecule has 0 heterocycles. The third kappa shape index (κ3) is 3.75. The average molecular weight is 383 g/mol. The van der Waals surface area contributed by atoms with E-state index in [2.05, 4.69) is 12.7 Å². The number of rotatable bonds is 4. The molecule has 2 aliphatic carbocycles. The average Bonchev–Trinajstić information content (AvgIpc) is 2.76. The van der Waals surface area contributed by atoms with Gasteiger partial charge in [0.25, 0.3) is 0 Å². The van der Waals surface area contributed by atoms with Crippen LogP contribution in [-0.2, 0) is 6.42 Å². The highest BCUT2D eigenvalue weighted by Crippen LogP contribution is 2.45. The summed E-state index contributed by atoms with van der Waals surface area (Å²) in [5.74, 6) is 1.18. The first kappa shape index (κ1) is 19.6. The third-order valence-electron chi connectivity index (χ3n) is 7.55. The molecule has 0 saturated heterocycles. The first-order valence-electron chi connectivity index (χ1n) is 11.1. The summed E-state index contributed by atoms with van der Waals surface area (Å²) >= 11 is 0. The maximum Gasteiger partial charge on any atom is 0.166 e. The molecule has 0 bridgehead atoms. The standard InChI is InChI=1S/C26H32F2/c1-3-17-5-8-19(9-6-17)20-11-13-21(14-12-20)24-16-22-10-7-18(4-2)15-23(22)25(27)26(24)28/h3,7,10,15-17,19-21H,1,4-6,8-9,11-14H2,2H3. The molecule has 0 aliphatic heterocycles. The summed E-state index contributed by atoms with van der Waals surface area (Å²) in [7, 11) is 0. The topological polar surface area (TPSA) is 0 Å². The summed E-state index contributed by atoms with van der Waals surface area (Å²) in [4.78, 5) is 0. The lowest BCUT2D eigenvalue weighted by molar-refractivity contribution is 0.171. The highest BCUT2D eigenvalue weighted by atomic mass is 19.2. The second kappa shape index (κ2) is 8.35. The Labute approximate surface area is 168 Å². The van der Waals surface area contributed by atoms with Crippen molar-refractivity contribution in [2.75, 3.05) is 0 Å². The van der Waals surface area contributed by atoms with Crippen molar-refractivity contribution in [3.05, 3.63) is 59.7 Å². The largest absolute Gasteiger partial charge is 0.203 e. The van der Waals surface area contributed by atoms with Crippen LogP contribution in [0.15, 0.2) is 36.9 Å². The molecular weight excluding hydrogens is 350 g/mol.